The van der Waals surface area contributed by atoms with Gasteiger partial charge in [-0.1, -0.05) is 72.8 Å². The van der Waals surface area contributed by atoms with Gasteiger partial charge in [-0.05, 0) is 47.5 Å². The van der Waals surface area contributed by atoms with E-state index < -0.39 is 29.7 Å². The normalized spacial score (nSPS) is 12.2. The van der Waals surface area contributed by atoms with Crippen LogP contribution in [0.25, 0.3) is 0 Å². The number of nitrogens with one attached hydrogen (secondary N) is 2. The first-order valence-electron chi connectivity index (χ1n) is 11.7. The lowest BCUT2D eigenvalue weighted by Crippen LogP contribution is -2.45. The van der Waals surface area contributed by atoms with Gasteiger partial charge in [0.1, 0.15) is 17.9 Å². The molecule has 0 saturated heterocycles. The number of aliphatic hydroxyl groups is 1. The summed E-state index contributed by atoms with van der Waals surface area (Å²) in [5.41, 5.74) is 2.41. The molecule has 2 atom stereocenters. The van der Waals surface area contributed by atoms with Crippen molar-refractivity contribution in [3.8, 4) is 5.75 Å². The molecule has 4 rings (SSSR count). The number of benzene rings is 4. The van der Waals surface area contributed by atoms with Crippen molar-refractivity contribution in [2.75, 3.05) is 5.32 Å². The van der Waals surface area contributed by atoms with E-state index in [4.69, 9.17) is 0 Å². The van der Waals surface area contributed by atoms with Gasteiger partial charge in [-0.25, -0.2) is 0 Å². The highest BCUT2D eigenvalue weighted by Crippen LogP contribution is 2.21. The molecule has 0 aliphatic rings. The molecule has 0 radical (unpaired) electrons. The minimum atomic E-state index is -1.33. The van der Waals surface area contributed by atoms with E-state index in [1.807, 2.05) is 0 Å². The summed E-state index contributed by atoms with van der Waals surface area (Å²) in [6.45, 7) is 0. The third-order valence-electron chi connectivity index (χ3n) is 5.83. The predicted octanol–water partition coefficient (Wildman–Crippen LogP) is 4.29. The number of phenols is 1. The van der Waals surface area contributed by atoms with Gasteiger partial charge in [0.25, 0.3) is 5.91 Å². The molecule has 2 amide bonds. The fourth-order valence-electron chi connectivity index (χ4n) is 3.80. The lowest BCUT2D eigenvalue weighted by Gasteiger charge is -2.19. The largest absolute Gasteiger partial charge is 0.508 e. The van der Waals surface area contributed by atoms with Crippen LogP contribution in [0.3, 0.4) is 0 Å². The number of ketones is 1. The lowest BCUT2D eigenvalue weighted by molar-refractivity contribution is -0.118. The van der Waals surface area contributed by atoms with Crippen LogP contribution in [0.5, 0.6) is 5.75 Å². The maximum Gasteiger partial charge on any atom is 0.251 e. The Labute approximate surface area is 214 Å². The smallest absolute Gasteiger partial charge is 0.251 e. The van der Waals surface area contributed by atoms with Crippen LogP contribution in [-0.4, -0.2) is 33.9 Å². The lowest BCUT2D eigenvalue weighted by atomic mass is 10.00. The van der Waals surface area contributed by atoms with E-state index in [0.717, 1.165) is 5.56 Å². The molecule has 0 bridgehead atoms. The Kier molecular flexibility index (Phi) is 8.08. The SMILES string of the molecule is O=C(N[C@@H](Cc1ccc(O)cc1)C(=O)Nc1ccc(C(O)C(=O)c2ccccc2)cc1)c1ccccc1. The number of aliphatic hydroxyl groups excluding tert-OH is 1. The summed E-state index contributed by atoms with van der Waals surface area (Å²) in [7, 11) is 0. The molecule has 4 aromatic rings. The summed E-state index contributed by atoms with van der Waals surface area (Å²) in [6.07, 6.45) is -1.13. The van der Waals surface area contributed by atoms with Crippen molar-refractivity contribution in [2.45, 2.75) is 18.6 Å². The Morgan fingerprint density at radius 3 is 1.86 bits per heavy atom. The van der Waals surface area contributed by atoms with Gasteiger partial charge in [0, 0.05) is 23.2 Å². The number of Topliss-reactive ketones (excluding diaryl/α,β-unsaturated/α-hetero) is 1. The molecule has 0 saturated carbocycles. The van der Waals surface area contributed by atoms with E-state index in [1.165, 1.54) is 12.1 Å². The zero-order chi connectivity index (χ0) is 26.2. The number of carbonyl (C=O) groups is 3. The predicted molar refractivity (Wildman–Crippen MR) is 140 cm³/mol. The zero-order valence-electron chi connectivity index (χ0n) is 19.9. The first-order chi connectivity index (χ1) is 17.9. The van der Waals surface area contributed by atoms with Gasteiger partial charge in [-0.15, -0.1) is 0 Å². The molecule has 0 fully saturated rings. The van der Waals surface area contributed by atoms with Crippen molar-refractivity contribution in [1.82, 2.24) is 5.32 Å². The molecule has 7 nitrogen and oxygen atoms in total. The fraction of sp³-hybridized carbons (Fsp3) is 0.100. The summed E-state index contributed by atoms with van der Waals surface area (Å²) in [5.74, 6) is -1.15. The molecule has 0 aliphatic carbocycles. The molecule has 4 N–H and O–H groups in total. The second-order valence-corrected chi connectivity index (χ2v) is 8.51. The minimum Gasteiger partial charge on any atom is -0.508 e. The number of rotatable bonds is 9. The zero-order valence-corrected chi connectivity index (χ0v) is 19.9. The summed E-state index contributed by atoms with van der Waals surface area (Å²) in [5, 5.41) is 25.6. The first kappa shape index (κ1) is 25.3. The minimum absolute atomic E-state index is 0.103. The molecule has 186 valence electrons. The van der Waals surface area contributed by atoms with Crippen LogP contribution < -0.4 is 10.6 Å². The number of aromatic hydroxyl groups is 1. The van der Waals surface area contributed by atoms with E-state index in [2.05, 4.69) is 10.6 Å². The number of hydrogen-bond donors (Lipinski definition) is 4. The van der Waals surface area contributed by atoms with Crippen LogP contribution >= 0.6 is 0 Å². The molecule has 1 unspecified atom stereocenters. The number of anilines is 1. The van der Waals surface area contributed by atoms with Crippen LogP contribution in [0.2, 0.25) is 0 Å². The third-order valence-corrected chi connectivity index (χ3v) is 5.83. The average Bonchev–Trinajstić information content (AvgIpc) is 2.94. The monoisotopic (exact) mass is 494 g/mol. The number of hydrogen-bond acceptors (Lipinski definition) is 5. The van der Waals surface area contributed by atoms with E-state index in [9.17, 15) is 24.6 Å². The van der Waals surface area contributed by atoms with Crippen LogP contribution in [0.15, 0.2) is 109 Å². The Morgan fingerprint density at radius 1 is 0.703 bits per heavy atom. The highest BCUT2D eigenvalue weighted by Gasteiger charge is 2.23. The highest BCUT2D eigenvalue weighted by molar-refractivity contribution is 6.02. The van der Waals surface area contributed by atoms with Crippen molar-refractivity contribution in [1.29, 1.82) is 0 Å². The Hall–Kier alpha value is -4.75. The molecule has 7 heteroatoms. The maximum atomic E-state index is 13.2. The van der Waals surface area contributed by atoms with E-state index in [-0.39, 0.29) is 12.2 Å². The first-order valence-corrected chi connectivity index (χ1v) is 11.7. The number of carbonyl (C=O) groups excluding carboxylic acids is 3. The van der Waals surface area contributed by atoms with Gasteiger partial charge in [0.2, 0.25) is 5.91 Å². The van der Waals surface area contributed by atoms with Crippen molar-refractivity contribution >= 4 is 23.3 Å². The Bertz CT molecular complexity index is 1360. The van der Waals surface area contributed by atoms with Crippen molar-refractivity contribution < 1.29 is 24.6 Å². The van der Waals surface area contributed by atoms with Gasteiger partial charge in [-0.3, -0.25) is 14.4 Å². The average molecular weight is 495 g/mol. The van der Waals surface area contributed by atoms with Crippen LogP contribution in [0.4, 0.5) is 5.69 Å². The molecule has 0 aromatic heterocycles. The molecule has 0 spiro atoms. The Balaban J connectivity index is 1.47. The number of amides is 2. The van der Waals surface area contributed by atoms with Crippen LogP contribution in [0.1, 0.15) is 37.9 Å². The third kappa shape index (κ3) is 6.68. The van der Waals surface area contributed by atoms with Crippen LogP contribution in [-0.2, 0) is 11.2 Å². The van der Waals surface area contributed by atoms with Gasteiger partial charge in [0.05, 0.1) is 0 Å². The quantitative estimate of drug-likeness (QED) is 0.259. The molecule has 0 heterocycles. The van der Waals surface area contributed by atoms with Gasteiger partial charge in [0.15, 0.2) is 5.78 Å². The topological polar surface area (TPSA) is 116 Å². The van der Waals surface area contributed by atoms with Gasteiger partial charge < -0.3 is 20.8 Å². The standard InChI is InChI=1S/C30H26N2O5/c33-25-17-11-20(12-18-25)19-26(32-29(36)23-9-5-2-6-10-23)30(37)31-24-15-13-22(14-16-24)28(35)27(34)21-7-3-1-4-8-21/h1-18,26,28,33,35H,19H2,(H,31,37)(H,32,36)/t26-,28?/m0/s1. The van der Waals surface area contributed by atoms with Crippen molar-refractivity contribution in [3.63, 3.8) is 0 Å². The highest BCUT2D eigenvalue weighted by atomic mass is 16.3. The number of phenolic OH excluding ortho intramolecular Hbond substituents is 1. The molecule has 0 aliphatic heterocycles. The second-order valence-electron chi connectivity index (χ2n) is 8.51. The second kappa shape index (κ2) is 11.8. The van der Waals surface area contributed by atoms with Gasteiger partial charge >= 0.3 is 0 Å². The van der Waals surface area contributed by atoms with E-state index >= 15 is 0 Å². The fourth-order valence-corrected chi connectivity index (χ4v) is 3.80. The van der Waals surface area contributed by atoms with Crippen molar-refractivity contribution in [3.05, 3.63) is 131 Å². The Morgan fingerprint density at radius 2 is 1.27 bits per heavy atom. The van der Waals surface area contributed by atoms with Crippen molar-refractivity contribution in [2.24, 2.45) is 0 Å². The molecule has 37 heavy (non-hydrogen) atoms. The summed E-state index contributed by atoms with van der Waals surface area (Å²) < 4.78 is 0. The molecule has 4 aromatic carbocycles. The summed E-state index contributed by atoms with van der Waals surface area (Å²) >= 11 is 0. The van der Waals surface area contributed by atoms with Crippen LogP contribution in [0, 0.1) is 0 Å². The van der Waals surface area contributed by atoms with E-state index in [0.29, 0.717) is 22.4 Å². The maximum absolute atomic E-state index is 13.2. The van der Waals surface area contributed by atoms with E-state index in [1.54, 1.807) is 97.1 Å². The summed E-state index contributed by atoms with van der Waals surface area (Å²) in [6, 6.07) is 28.9. The summed E-state index contributed by atoms with van der Waals surface area (Å²) in [4.78, 5) is 38.5. The van der Waals surface area contributed by atoms with Gasteiger partial charge in [-0.2, -0.15) is 0 Å². The molecular weight excluding hydrogens is 468 g/mol. The molecular formula is C30H26N2O5.